The third-order valence-corrected chi connectivity index (χ3v) is 3.16. The van der Waals surface area contributed by atoms with Crippen LogP contribution in [0, 0.1) is 0 Å². The molecule has 1 fully saturated rings. The summed E-state index contributed by atoms with van der Waals surface area (Å²) in [6, 6.07) is 1.79. The van der Waals surface area contributed by atoms with E-state index in [4.69, 9.17) is 17.3 Å². The maximum atomic E-state index is 11.9. The number of rotatable bonds is 6. The number of amides is 2. The summed E-state index contributed by atoms with van der Waals surface area (Å²) < 4.78 is 0. The molecular formula is C13H17ClN4O2. The van der Waals surface area contributed by atoms with Crippen LogP contribution in [0.4, 0.5) is 5.69 Å². The molecule has 1 aromatic heterocycles. The van der Waals surface area contributed by atoms with Gasteiger partial charge in [-0.3, -0.25) is 9.59 Å². The van der Waals surface area contributed by atoms with Crippen molar-refractivity contribution in [2.75, 3.05) is 12.3 Å². The fourth-order valence-corrected chi connectivity index (χ4v) is 1.87. The van der Waals surface area contributed by atoms with Crippen LogP contribution in [0.25, 0.3) is 0 Å². The van der Waals surface area contributed by atoms with Gasteiger partial charge in [0.1, 0.15) is 5.15 Å². The number of carbonyl (C=O) groups is 2. The lowest BCUT2D eigenvalue weighted by atomic mass is 10.2. The average Bonchev–Trinajstić information content (AvgIpc) is 3.21. The number of hydrogen-bond acceptors (Lipinski definition) is 4. The molecule has 4 N–H and O–H groups in total. The maximum absolute atomic E-state index is 11.9. The zero-order chi connectivity index (χ0) is 14.5. The zero-order valence-electron chi connectivity index (χ0n) is 11.0. The van der Waals surface area contributed by atoms with Gasteiger partial charge in [0.2, 0.25) is 5.91 Å². The van der Waals surface area contributed by atoms with Gasteiger partial charge in [0, 0.05) is 19.0 Å². The first-order valence-corrected chi connectivity index (χ1v) is 6.92. The first-order chi connectivity index (χ1) is 9.56. The summed E-state index contributed by atoms with van der Waals surface area (Å²) >= 11 is 5.72. The Hall–Kier alpha value is -1.82. The number of nitrogens with one attached hydrogen (secondary N) is 2. The predicted molar refractivity (Wildman–Crippen MR) is 76.4 cm³/mol. The van der Waals surface area contributed by atoms with Crippen LogP contribution in [0.3, 0.4) is 0 Å². The SMILES string of the molecule is Nc1cnc(Cl)cc1C(=O)NCCCC(=O)NC1CC1. The third kappa shape index (κ3) is 4.38. The fraction of sp³-hybridized carbons (Fsp3) is 0.462. The molecule has 0 bridgehead atoms. The van der Waals surface area contributed by atoms with E-state index in [9.17, 15) is 9.59 Å². The minimum atomic E-state index is -0.311. The van der Waals surface area contributed by atoms with Gasteiger partial charge in [-0.1, -0.05) is 11.6 Å². The highest BCUT2D eigenvalue weighted by Gasteiger charge is 2.22. The highest BCUT2D eigenvalue weighted by molar-refractivity contribution is 6.29. The molecule has 0 aromatic carbocycles. The molecule has 0 aliphatic heterocycles. The molecule has 0 radical (unpaired) electrons. The van der Waals surface area contributed by atoms with Gasteiger partial charge < -0.3 is 16.4 Å². The van der Waals surface area contributed by atoms with Crippen molar-refractivity contribution in [2.24, 2.45) is 0 Å². The Balaban J connectivity index is 1.71. The summed E-state index contributed by atoms with van der Waals surface area (Å²) in [5, 5.41) is 5.81. The van der Waals surface area contributed by atoms with Crippen LogP contribution >= 0.6 is 11.6 Å². The summed E-state index contributed by atoms with van der Waals surface area (Å²) in [5.41, 5.74) is 6.23. The summed E-state index contributed by atoms with van der Waals surface area (Å²) in [4.78, 5) is 27.1. The highest BCUT2D eigenvalue weighted by atomic mass is 35.5. The number of aromatic nitrogens is 1. The molecule has 2 rings (SSSR count). The number of pyridine rings is 1. The van der Waals surface area contributed by atoms with E-state index in [1.54, 1.807) is 0 Å². The number of nitrogens with two attached hydrogens (primary N) is 1. The lowest BCUT2D eigenvalue weighted by Gasteiger charge is -2.07. The Morgan fingerprint density at radius 2 is 2.20 bits per heavy atom. The number of nitrogens with zero attached hydrogens (tertiary/aromatic N) is 1. The van der Waals surface area contributed by atoms with Gasteiger partial charge in [0.25, 0.3) is 5.91 Å². The second-order valence-electron chi connectivity index (χ2n) is 4.80. The highest BCUT2D eigenvalue weighted by Crippen LogP contribution is 2.18. The zero-order valence-corrected chi connectivity index (χ0v) is 11.7. The van der Waals surface area contributed by atoms with E-state index in [1.165, 1.54) is 12.3 Å². The van der Waals surface area contributed by atoms with E-state index in [0.717, 1.165) is 12.8 Å². The average molecular weight is 297 g/mol. The number of halogens is 1. The van der Waals surface area contributed by atoms with Crippen molar-refractivity contribution in [1.82, 2.24) is 15.6 Å². The summed E-state index contributed by atoms with van der Waals surface area (Å²) in [6.45, 7) is 0.413. The molecule has 1 aliphatic rings. The van der Waals surface area contributed by atoms with E-state index < -0.39 is 0 Å². The molecule has 0 unspecified atom stereocenters. The number of hydrogen-bond donors (Lipinski definition) is 3. The first-order valence-electron chi connectivity index (χ1n) is 6.55. The van der Waals surface area contributed by atoms with Gasteiger partial charge >= 0.3 is 0 Å². The van der Waals surface area contributed by atoms with E-state index in [2.05, 4.69) is 15.6 Å². The van der Waals surface area contributed by atoms with Crippen LogP contribution in [-0.4, -0.2) is 29.4 Å². The van der Waals surface area contributed by atoms with Crippen LogP contribution in [-0.2, 0) is 4.79 Å². The monoisotopic (exact) mass is 296 g/mol. The topological polar surface area (TPSA) is 97.1 Å². The molecule has 7 heteroatoms. The Kier molecular flexibility index (Phi) is 4.79. The number of anilines is 1. The lowest BCUT2D eigenvalue weighted by molar-refractivity contribution is -0.121. The Bertz CT molecular complexity index is 517. The minimum absolute atomic E-state index is 0.0354. The van der Waals surface area contributed by atoms with Crippen LogP contribution in [0.2, 0.25) is 5.15 Å². The number of nitrogen functional groups attached to an aromatic ring is 1. The van der Waals surface area contributed by atoms with Gasteiger partial charge in [0.05, 0.1) is 17.4 Å². The molecule has 20 heavy (non-hydrogen) atoms. The standard InChI is InChI=1S/C13H17ClN4O2/c14-11-6-9(10(15)7-17-11)13(20)16-5-1-2-12(19)18-8-3-4-8/h6-8H,1-5,15H2,(H,16,20)(H,18,19). The van der Waals surface area contributed by atoms with Crippen molar-refractivity contribution in [3.63, 3.8) is 0 Å². The van der Waals surface area contributed by atoms with Crippen molar-refractivity contribution < 1.29 is 9.59 Å². The van der Waals surface area contributed by atoms with E-state index in [0.29, 0.717) is 31.0 Å². The van der Waals surface area contributed by atoms with Crippen LogP contribution < -0.4 is 16.4 Å². The van der Waals surface area contributed by atoms with Gasteiger partial charge in [-0.2, -0.15) is 0 Å². The lowest BCUT2D eigenvalue weighted by Crippen LogP contribution is -2.28. The number of carbonyl (C=O) groups excluding carboxylic acids is 2. The van der Waals surface area contributed by atoms with Gasteiger partial charge in [-0.15, -0.1) is 0 Å². The van der Waals surface area contributed by atoms with Gasteiger partial charge in [-0.25, -0.2) is 4.98 Å². The van der Waals surface area contributed by atoms with E-state index in [-0.39, 0.29) is 22.7 Å². The normalized spacial score (nSPS) is 13.8. The van der Waals surface area contributed by atoms with Gasteiger partial charge in [0.15, 0.2) is 0 Å². The largest absolute Gasteiger partial charge is 0.397 e. The molecule has 1 heterocycles. The molecule has 6 nitrogen and oxygen atoms in total. The van der Waals surface area contributed by atoms with Crippen molar-refractivity contribution in [3.05, 3.63) is 23.0 Å². The Labute approximate surface area is 122 Å². The molecule has 0 spiro atoms. The molecule has 0 atom stereocenters. The first kappa shape index (κ1) is 14.6. The molecule has 1 aliphatic carbocycles. The maximum Gasteiger partial charge on any atom is 0.253 e. The third-order valence-electron chi connectivity index (χ3n) is 2.95. The van der Waals surface area contributed by atoms with Crippen LogP contribution in [0.1, 0.15) is 36.0 Å². The predicted octanol–water partition coefficient (Wildman–Crippen LogP) is 1.11. The Morgan fingerprint density at radius 1 is 1.45 bits per heavy atom. The minimum Gasteiger partial charge on any atom is -0.397 e. The van der Waals surface area contributed by atoms with Crippen LogP contribution in [0.5, 0.6) is 0 Å². The molecule has 1 aromatic rings. The molecule has 0 saturated heterocycles. The molecular weight excluding hydrogens is 280 g/mol. The van der Waals surface area contributed by atoms with Crippen molar-refractivity contribution in [3.8, 4) is 0 Å². The second kappa shape index (κ2) is 6.56. The molecule has 2 amide bonds. The van der Waals surface area contributed by atoms with E-state index in [1.807, 2.05) is 0 Å². The Morgan fingerprint density at radius 3 is 2.90 bits per heavy atom. The molecule has 108 valence electrons. The van der Waals surface area contributed by atoms with Crippen molar-refractivity contribution in [1.29, 1.82) is 0 Å². The smallest absolute Gasteiger partial charge is 0.253 e. The fourth-order valence-electron chi connectivity index (χ4n) is 1.71. The van der Waals surface area contributed by atoms with Crippen molar-refractivity contribution >= 4 is 29.1 Å². The van der Waals surface area contributed by atoms with Crippen LogP contribution in [0.15, 0.2) is 12.3 Å². The van der Waals surface area contributed by atoms with Crippen molar-refractivity contribution in [2.45, 2.75) is 31.7 Å². The van der Waals surface area contributed by atoms with Gasteiger partial charge in [-0.05, 0) is 25.3 Å². The quantitative estimate of drug-likeness (QED) is 0.541. The van der Waals surface area contributed by atoms with E-state index >= 15 is 0 Å². The summed E-state index contributed by atoms with van der Waals surface area (Å²) in [6.07, 6.45) is 4.49. The summed E-state index contributed by atoms with van der Waals surface area (Å²) in [7, 11) is 0. The summed E-state index contributed by atoms with van der Waals surface area (Å²) in [5.74, 6) is -0.275. The second-order valence-corrected chi connectivity index (χ2v) is 5.18. The molecule has 1 saturated carbocycles.